The first-order valence-electron chi connectivity index (χ1n) is 9.31. The molecule has 3 rings (SSSR count). The minimum atomic E-state index is 0.556. The predicted molar refractivity (Wildman–Crippen MR) is 110 cm³/mol. The van der Waals surface area contributed by atoms with Gasteiger partial charge in [-0.3, -0.25) is 0 Å². The van der Waals surface area contributed by atoms with Gasteiger partial charge in [0.2, 0.25) is 0 Å². The second-order valence-corrected chi connectivity index (χ2v) is 6.76. The van der Waals surface area contributed by atoms with Gasteiger partial charge in [0.05, 0.1) is 0 Å². The number of benzene rings is 3. The average molecular weight is 345 g/mol. The summed E-state index contributed by atoms with van der Waals surface area (Å²) in [5, 5.41) is 0. The second-order valence-electron chi connectivity index (χ2n) is 6.76. The van der Waals surface area contributed by atoms with E-state index in [-0.39, 0.29) is 0 Å². The van der Waals surface area contributed by atoms with Crippen LogP contribution in [0.2, 0.25) is 0 Å². The Labute approximate surface area is 157 Å². The van der Waals surface area contributed by atoms with Gasteiger partial charge in [-0.2, -0.15) is 0 Å². The quantitative estimate of drug-likeness (QED) is 0.481. The minimum absolute atomic E-state index is 0.556. The van der Waals surface area contributed by atoms with Gasteiger partial charge in [0.1, 0.15) is 12.4 Å². The molecule has 0 saturated carbocycles. The van der Waals surface area contributed by atoms with Crippen LogP contribution < -0.4 is 9.64 Å². The van der Waals surface area contributed by atoms with E-state index < -0.39 is 0 Å². The Morgan fingerprint density at radius 3 is 1.88 bits per heavy atom. The van der Waals surface area contributed by atoms with Crippen molar-refractivity contribution in [2.75, 3.05) is 11.4 Å². The molecule has 0 amide bonds. The molecule has 3 aromatic carbocycles. The fraction of sp³-hybridized carbons (Fsp3) is 0.250. The van der Waals surface area contributed by atoms with E-state index in [1.54, 1.807) is 0 Å². The molecule has 2 nitrogen and oxygen atoms in total. The predicted octanol–water partition coefficient (Wildman–Crippen LogP) is 6.55. The molecule has 0 spiro atoms. The highest BCUT2D eigenvalue weighted by Gasteiger charge is 2.08. The number of anilines is 2. The van der Waals surface area contributed by atoms with Crippen LogP contribution >= 0.6 is 0 Å². The van der Waals surface area contributed by atoms with Crippen molar-refractivity contribution in [3.8, 4) is 5.75 Å². The van der Waals surface area contributed by atoms with Crippen LogP contribution in [0.3, 0.4) is 0 Å². The molecular weight excluding hydrogens is 318 g/mol. The van der Waals surface area contributed by atoms with Crippen LogP contribution in [0.15, 0.2) is 78.9 Å². The first kappa shape index (κ1) is 18.1. The van der Waals surface area contributed by atoms with Gasteiger partial charge >= 0.3 is 0 Å². The summed E-state index contributed by atoms with van der Waals surface area (Å²) in [6.07, 6.45) is 0. The van der Waals surface area contributed by atoms with Crippen LogP contribution in [-0.4, -0.2) is 6.54 Å². The van der Waals surface area contributed by atoms with Gasteiger partial charge in [0, 0.05) is 17.9 Å². The molecule has 0 fully saturated rings. The second kappa shape index (κ2) is 8.57. The monoisotopic (exact) mass is 345 g/mol. The van der Waals surface area contributed by atoms with E-state index in [1.165, 1.54) is 22.5 Å². The molecule has 0 heterocycles. The molecule has 0 aliphatic heterocycles. The van der Waals surface area contributed by atoms with Crippen LogP contribution in [0.25, 0.3) is 0 Å². The first-order valence-corrected chi connectivity index (χ1v) is 9.31. The van der Waals surface area contributed by atoms with Crippen LogP contribution in [-0.2, 0) is 6.61 Å². The third kappa shape index (κ3) is 4.45. The lowest BCUT2D eigenvalue weighted by Gasteiger charge is -2.24. The van der Waals surface area contributed by atoms with E-state index in [4.69, 9.17) is 4.74 Å². The van der Waals surface area contributed by atoms with Crippen LogP contribution in [0, 0.1) is 0 Å². The molecule has 0 N–H and O–H groups in total. The molecule has 2 heteroatoms. The van der Waals surface area contributed by atoms with Crippen LogP contribution in [0.5, 0.6) is 5.75 Å². The molecule has 134 valence electrons. The Morgan fingerprint density at radius 1 is 0.769 bits per heavy atom. The number of ether oxygens (including phenoxy) is 1. The van der Waals surface area contributed by atoms with Crippen molar-refractivity contribution in [3.05, 3.63) is 90.0 Å². The summed E-state index contributed by atoms with van der Waals surface area (Å²) >= 11 is 0. The van der Waals surface area contributed by atoms with Gasteiger partial charge in [0.25, 0.3) is 0 Å². The van der Waals surface area contributed by atoms with Crippen molar-refractivity contribution in [3.63, 3.8) is 0 Å². The number of nitrogens with zero attached hydrogens (tertiary/aromatic N) is 1. The normalized spacial score (nSPS) is 10.8. The Hall–Kier alpha value is -2.74. The first-order chi connectivity index (χ1) is 12.7. The molecule has 0 bridgehead atoms. The maximum Gasteiger partial charge on any atom is 0.119 e. The van der Waals surface area contributed by atoms with Gasteiger partial charge in [0.15, 0.2) is 0 Å². The van der Waals surface area contributed by atoms with Crippen molar-refractivity contribution in [2.24, 2.45) is 0 Å². The van der Waals surface area contributed by atoms with Crippen molar-refractivity contribution < 1.29 is 4.74 Å². The third-order valence-electron chi connectivity index (χ3n) is 4.58. The zero-order valence-electron chi connectivity index (χ0n) is 15.9. The Morgan fingerprint density at radius 2 is 1.35 bits per heavy atom. The molecule has 0 aliphatic carbocycles. The van der Waals surface area contributed by atoms with Gasteiger partial charge in [-0.25, -0.2) is 0 Å². The fourth-order valence-electron chi connectivity index (χ4n) is 3.02. The van der Waals surface area contributed by atoms with Crippen molar-refractivity contribution >= 4 is 11.4 Å². The molecule has 0 unspecified atom stereocenters. The average Bonchev–Trinajstić information content (AvgIpc) is 2.69. The van der Waals surface area contributed by atoms with Gasteiger partial charge < -0.3 is 9.64 Å². The molecule has 0 aromatic heterocycles. The van der Waals surface area contributed by atoms with Gasteiger partial charge in [-0.05, 0) is 60.4 Å². The van der Waals surface area contributed by atoms with E-state index in [0.717, 1.165) is 12.3 Å². The molecular formula is C24H27NO. The Bertz CT molecular complexity index is 792. The van der Waals surface area contributed by atoms with Gasteiger partial charge in [-0.1, -0.05) is 56.3 Å². The van der Waals surface area contributed by atoms with E-state index in [0.29, 0.717) is 12.5 Å². The fourth-order valence-corrected chi connectivity index (χ4v) is 3.02. The van der Waals surface area contributed by atoms with Crippen molar-refractivity contribution in [1.82, 2.24) is 0 Å². The lowest BCUT2D eigenvalue weighted by molar-refractivity contribution is 0.306. The highest BCUT2D eigenvalue weighted by Crippen LogP contribution is 2.28. The minimum Gasteiger partial charge on any atom is -0.489 e. The molecule has 26 heavy (non-hydrogen) atoms. The highest BCUT2D eigenvalue weighted by molar-refractivity contribution is 5.64. The van der Waals surface area contributed by atoms with E-state index in [1.807, 2.05) is 30.3 Å². The lowest BCUT2D eigenvalue weighted by Crippen LogP contribution is -2.15. The molecule has 0 radical (unpaired) electrons. The molecule has 0 aliphatic rings. The zero-order valence-corrected chi connectivity index (χ0v) is 15.9. The molecule has 0 saturated heterocycles. The standard InChI is InChI=1S/C24H27NO/c1-4-25(22-12-10-21(11-13-22)19(2)3)23-14-16-24(17-15-23)26-18-20-8-6-5-7-9-20/h5-17,19H,4,18H2,1-3H3. The summed E-state index contributed by atoms with van der Waals surface area (Å²) < 4.78 is 5.89. The Balaban J connectivity index is 1.69. The largest absolute Gasteiger partial charge is 0.489 e. The van der Waals surface area contributed by atoms with Crippen LogP contribution in [0.1, 0.15) is 37.8 Å². The van der Waals surface area contributed by atoms with Crippen molar-refractivity contribution in [1.29, 1.82) is 0 Å². The smallest absolute Gasteiger partial charge is 0.119 e. The third-order valence-corrected chi connectivity index (χ3v) is 4.58. The van der Waals surface area contributed by atoms with Crippen molar-refractivity contribution in [2.45, 2.75) is 33.3 Å². The van der Waals surface area contributed by atoms with E-state index in [2.05, 4.69) is 74.2 Å². The number of rotatable bonds is 7. The highest BCUT2D eigenvalue weighted by atomic mass is 16.5. The maximum atomic E-state index is 5.89. The van der Waals surface area contributed by atoms with Crippen LogP contribution in [0.4, 0.5) is 11.4 Å². The summed E-state index contributed by atoms with van der Waals surface area (Å²) in [5.41, 5.74) is 4.94. The van der Waals surface area contributed by atoms with Gasteiger partial charge in [-0.15, -0.1) is 0 Å². The lowest BCUT2D eigenvalue weighted by atomic mass is 10.0. The summed E-state index contributed by atoms with van der Waals surface area (Å²) in [6.45, 7) is 8.14. The zero-order chi connectivity index (χ0) is 18.4. The summed E-state index contributed by atoms with van der Waals surface area (Å²) in [6, 6.07) is 27.4. The summed E-state index contributed by atoms with van der Waals surface area (Å²) in [5.74, 6) is 1.45. The SMILES string of the molecule is CCN(c1ccc(OCc2ccccc2)cc1)c1ccc(C(C)C)cc1. The number of hydrogen-bond donors (Lipinski definition) is 0. The van der Waals surface area contributed by atoms with E-state index >= 15 is 0 Å². The summed E-state index contributed by atoms with van der Waals surface area (Å²) in [7, 11) is 0. The van der Waals surface area contributed by atoms with E-state index in [9.17, 15) is 0 Å². The molecule has 3 aromatic rings. The topological polar surface area (TPSA) is 12.5 Å². The summed E-state index contributed by atoms with van der Waals surface area (Å²) in [4.78, 5) is 2.31. The molecule has 0 atom stereocenters. The maximum absolute atomic E-state index is 5.89. The number of hydrogen-bond acceptors (Lipinski definition) is 2. The Kier molecular flexibility index (Phi) is 5.96.